The van der Waals surface area contributed by atoms with Gasteiger partial charge >= 0.3 is 13.9 Å². The number of H-pyrrole nitrogens is 1. The average Bonchev–Trinajstić information content (AvgIpc) is 2.76. The van der Waals surface area contributed by atoms with Crippen LogP contribution in [0.2, 0.25) is 0 Å². The highest BCUT2D eigenvalue weighted by molar-refractivity contribution is 7.32. The molecular weight excluding hydrogens is 319 g/mol. The minimum absolute atomic E-state index is 0.577. The number of nitrogens with one attached hydrogen (secondary N) is 1. The van der Waals surface area contributed by atoms with Crippen LogP contribution in [0.15, 0.2) is 21.9 Å². The quantitative estimate of drug-likeness (QED) is 0.574. The smallest absolute Gasteiger partial charge is 0.391 e. The van der Waals surface area contributed by atoms with Crippen LogP contribution in [0.1, 0.15) is 13.2 Å². The van der Waals surface area contributed by atoms with Crippen molar-refractivity contribution in [2.75, 3.05) is 7.11 Å². The molecule has 6 atom stereocenters. The molecule has 1 aliphatic rings. The first-order valence-corrected chi connectivity index (χ1v) is 7.49. The van der Waals surface area contributed by atoms with Crippen molar-refractivity contribution in [1.29, 1.82) is 0 Å². The van der Waals surface area contributed by atoms with Crippen molar-refractivity contribution in [3.05, 3.63) is 33.1 Å². The molecule has 0 radical (unpaired) electrons. The number of aromatic amines is 1. The van der Waals surface area contributed by atoms with Crippen LogP contribution in [0.5, 0.6) is 0 Å². The maximum Gasteiger partial charge on any atom is 0.695 e. The van der Waals surface area contributed by atoms with Crippen LogP contribution in [0.4, 0.5) is 0 Å². The standard InChI is InChI=1S/C11H15N2O8P/c1-5(14)7-8(21-22(17)18)9(19-2)10(20-7)13-4-3-6(15)12-11(13)16/h3-5,7-10,14H,1-2H3,(H-,12,15,16,17,18)/p+1/t5-,7+,8?,9-,10+/m0/s1. The Kier molecular flexibility index (Phi) is 5.22. The summed E-state index contributed by atoms with van der Waals surface area (Å²) in [6.07, 6.45) is -3.86. The molecule has 0 saturated carbocycles. The SMILES string of the molecule is CO[C@H]1C(O[P+](=O)O)[C@@H]([C@H](C)O)O[C@H]1n1ccc(=O)[nH]c1=O. The topological polar surface area (TPSA) is 140 Å². The summed E-state index contributed by atoms with van der Waals surface area (Å²) in [6.45, 7) is 1.41. The van der Waals surface area contributed by atoms with Crippen LogP contribution in [-0.4, -0.2) is 51.1 Å². The first kappa shape index (κ1) is 16.9. The Morgan fingerprint density at radius 1 is 1.45 bits per heavy atom. The predicted octanol–water partition coefficient (Wildman–Crippen LogP) is -1.14. The normalized spacial score (nSPS) is 30.3. The summed E-state index contributed by atoms with van der Waals surface area (Å²) >= 11 is 0. The van der Waals surface area contributed by atoms with Gasteiger partial charge < -0.3 is 14.6 Å². The fourth-order valence-electron chi connectivity index (χ4n) is 2.38. The number of aliphatic hydroxyl groups excluding tert-OH is 1. The number of nitrogens with zero attached hydrogens (tertiary/aromatic N) is 1. The molecule has 22 heavy (non-hydrogen) atoms. The van der Waals surface area contributed by atoms with E-state index in [1.54, 1.807) is 0 Å². The van der Waals surface area contributed by atoms with Crippen LogP contribution < -0.4 is 11.2 Å². The Morgan fingerprint density at radius 3 is 2.64 bits per heavy atom. The molecule has 1 saturated heterocycles. The molecule has 1 aromatic rings. The average molecular weight is 335 g/mol. The number of hydrogen-bond acceptors (Lipinski definition) is 7. The number of ether oxygens (including phenoxy) is 2. The van der Waals surface area contributed by atoms with E-state index in [0.717, 1.165) is 10.6 Å². The minimum Gasteiger partial charge on any atom is -0.391 e. The summed E-state index contributed by atoms with van der Waals surface area (Å²) in [5.74, 6) is 0. The molecule has 1 aliphatic heterocycles. The summed E-state index contributed by atoms with van der Waals surface area (Å²) < 4.78 is 27.6. The van der Waals surface area contributed by atoms with Gasteiger partial charge in [-0.2, -0.15) is 0 Å². The van der Waals surface area contributed by atoms with Gasteiger partial charge in [-0.25, -0.2) is 4.79 Å². The minimum atomic E-state index is -2.96. The Labute approximate surface area is 125 Å². The van der Waals surface area contributed by atoms with E-state index in [2.05, 4.69) is 4.98 Å². The second-order valence-electron chi connectivity index (χ2n) is 4.76. The summed E-state index contributed by atoms with van der Waals surface area (Å²) in [5, 5.41) is 9.74. The second kappa shape index (κ2) is 6.78. The molecule has 0 aromatic carbocycles. The van der Waals surface area contributed by atoms with Gasteiger partial charge in [0.05, 0.1) is 6.10 Å². The molecule has 2 unspecified atom stereocenters. The van der Waals surface area contributed by atoms with Crippen LogP contribution in [0, 0.1) is 0 Å². The Hall–Kier alpha value is -1.42. The molecule has 0 bridgehead atoms. The maximum atomic E-state index is 11.9. The van der Waals surface area contributed by atoms with E-state index in [0.29, 0.717) is 0 Å². The second-order valence-corrected chi connectivity index (χ2v) is 5.44. The van der Waals surface area contributed by atoms with E-state index < -0.39 is 50.1 Å². The third kappa shape index (κ3) is 3.32. The van der Waals surface area contributed by atoms with Crippen molar-refractivity contribution in [2.45, 2.75) is 37.6 Å². The lowest BCUT2D eigenvalue weighted by Gasteiger charge is -2.19. The largest absolute Gasteiger partial charge is 0.695 e. The molecule has 1 fully saturated rings. The van der Waals surface area contributed by atoms with Gasteiger partial charge in [0.15, 0.2) is 12.3 Å². The molecule has 3 N–H and O–H groups in total. The fourth-order valence-corrected chi connectivity index (χ4v) is 2.83. The van der Waals surface area contributed by atoms with Crippen LogP contribution in [-0.2, 0) is 18.6 Å². The zero-order chi connectivity index (χ0) is 16.4. The Bertz CT molecular complexity index is 656. The molecule has 2 heterocycles. The van der Waals surface area contributed by atoms with E-state index >= 15 is 0 Å². The highest BCUT2D eigenvalue weighted by Crippen LogP contribution is 2.37. The van der Waals surface area contributed by atoms with Gasteiger partial charge in [-0.1, -0.05) is 0 Å². The highest BCUT2D eigenvalue weighted by atomic mass is 31.1. The van der Waals surface area contributed by atoms with Crippen LogP contribution in [0.3, 0.4) is 0 Å². The number of rotatable bonds is 5. The van der Waals surface area contributed by atoms with E-state index in [4.69, 9.17) is 18.9 Å². The predicted molar refractivity (Wildman–Crippen MR) is 72.4 cm³/mol. The molecule has 122 valence electrons. The molecule has 0 amide bonds. The third-order valence-electron chi connectivity index (χ3n) is 3.31. The van der Waals surface area contributed by atoms with Crippen molar-refractivity contribution in [2.24, 2.45) is 0 Å². The van der Waals surface area contributed by atoms with E-state index in [-0.39, 0.29) is 0 Å². The zero-order valence-electron chi connectivity index (χ0n) is 11.8. The van der Waals surface area contributed by atoms with Crippen LogP contribution in [0.25, 0.3) is 0 Å². The molecule has 11 heteroatoms. The van der Waals surface area contributed by atoms with Gasteiger partial charge in [-0.15, -0.1) is 9.42 Å². The lowest BCUT2D eigenvalue weighted by atomic mass is 10.1. The zero-order valence-corrected chi connectivity index (χ0v) is 12.7. The van der Waals surface area contributed by atoms with Gasteiger partial charge in [-0.05, 0) is 6.92 Å². The van der Waals surface area contributed by atoms with E-state index in [1.807, 2.05) is 0 Å². The number of aromatic nitrogens is 2. The van der Waals surface area contributed by atoms with Gasteiger partial charge in [0.2, 0.25) is 0 Å². The molecular formula is C11H16N2O8P+. The van der Waals surface area contributed by atoms with Gasteiger partial charge in [0.25, 0.3) is 5.56 Å². The first-order valence-electron chi connectivity index (χ1n) is 6.36. The summed E-state index contributed by atoms with van der Waals surface area (Å²) in [4.78, 5) is 34.0. The monoisotopic (exact) mass is 335 g/mol. The molecule has 0 aliphatic carbocycles. The number of aliphatic hydroxyl groups is 1. The molecule has 2 rings (SSSR count). The van der Waals surface area contributed by atoms with E-state index in [9.17, 15) is 19.3 Å². The fraction of sp³-hybridized carbons (Fsp3) is 0.636. The van der Waals surface area contributed by atoms with Gasteiger partial charge in [-0.3, -0.25) is 14.3 Å². The van der Waals surface area contributed by atoms with Crippen molar-refractivity contribution in [1.82, 2.24) is 9.55 Å². The summed E-state index contributed by atoms with van der Waals surface area (Å²) in [6, 6.07) is 1.12. The van der Waals surface area contributed by atoms with Crippen molar-refractivity contribution in [3.8, 4) is 0 Å². The van der Waals surface area contributed by atoms with Gasteiger partial charge in [0.1, 0.15) is 12.2 Å². The number of methoxy groups -OCH3 is 1. The first-order chi connectivity index (χ1) is 10.3. The molecule has 0 spiro atoms. The van der Waals surface area contributed by atoms with Crippen molar-refractivity contribution >= 4 is 8.25 Å². The lowest BCUT2D eigenvalue weighted by molar-refractivity contribution is -0.0817. The highest BCUT2D eigenvalue weighted by Gasteiger charge is 2.52. The third-order valence-corrected chi connectivity index (χ3v) is 3.73. The van der Waals surface area contributed by atoms with Crippen LogP contribution >= 0.6 is 8.25 Å². The van der Waals surface area contributed by atoms with E-state index in [1.165, 1.54) is 20.2 Å². The van der Waals surface area contributed by atoms with Crippen molar-refractivity contribution < 1.29 is 28.6 Å². The molecule has 1 aromatic heterocycles. The Balaban J connectivity index is 2.41. The molecule has 10 nitrogen and oxygen atoms in total. The lowest BCUT2D eigenvalue weighted by Crippen LogP contribution is -2.40. The summed E-state index contributed by atoms with van der Waals surface area (Å²) in [7, 11) is -1.65. The Morgan fingerprint density at radius 2 is 2.14 bits per heavy atom. The summed E-state index contributed by atoms with van der Waals surface area (Å²) in [5.41, 5.74) is -1.32. The van der Waals surface area contributed by atoms with Crippen molar-refractivity contribution in [3.63, 3.8) is 0 Å². The maximum absolute atomic E-state index is 11.9. The number of hydrogen-bond donors (Lipinski definition) is 3. The van der Waals surface area contributed by atoms with Gasteiger partial charge in [0, 0.05) is 23.9 Å².